The van der Waals surface area contributed by atoms with Gasteiger partial charge < -0.3 is 5.73 Å². The molecule has 0 saturated carbocycles. The van der Waals surface area contributed by atoms with E-state index < -0.39 is 4.92 Å². The minimum atomic E-state index is -0.621. The van der Waals surface area contributed by atoms with E-state index in [1.54, 1.807) is 0 Å². The highest BCUT2D eigenvalue weighted by atomic mass is 16.6. The highest BCUT2D eigenvalue weighted by Gasteiger charge is 2.18. The maximum atomic E-state index is 10.6. The molecule has 1 aromatic heterocycles. The topological polar surface area (TPSA) is 99.1 Å². The Morgan fingerprint density at radius 3 is 2.87 bits per heavy atom. The number of hydrogen-bond donors (Lipinski definition) is 1. The Hall–Kier alpha value is -2.42. The zero-order valence-electron chi connectivity index (χ0n) is 7.85. The number of carbonyl (C=O) groups excluding carboxylic acids is 1. The maximum absolute atomic E-state index is 10.6. The van der Waals surface area contributed by atoms with Crippen LogP contribution in [0.1, 0.15) is 11.1 Å². The molecule has 1 heterocycles. The first kappa shape index (κ1) is 10.7. The van der Waals surface area contributed by atoms with Gasteiger partial charge in [0.05, 0.1) is 10.5 Å². The van der Waals surface area contributed by atoms with Gasteiger partial charge in [0, 0.05) is 11.8 Å². The number of nitrogens with two attached hydrogens (primary N) is 1. The Bertz CT molecular complexity index is 485. The molecule has 0 spiro atoms. The van der Waals surface area contributed by atoms with Crippen LogP contribution in [-0.2, 0) is 4.79 Å². The quantitative estimate of drug-likeness (QED) is 0.310. The zero-order valence-corrected chi connectivity index (χ0v) is 7.85. The van der Waals surface area contributed by atoms with Crippen molar-refractivity contribution in [2.75, 3.05) is 5.73 Å². The summed E-state index contributed by atoms with van der Waals surface area (Å²) in [5.74, 6) is 4.44. The van der Waals surface area contributed by atoms with Crippen LogP contribution in [-0.4, -0.2) is 16.2 Å². The first-order chi connectivity index (χ1) is 7.07. The predicted octanol–water partition coefficient (Wildman–Crippen LogP) is 0.431. The summed E-state index contributed by atoms with van der Waals surface area (Å²) in [4.78, 5) is 23.7. The second-order valence-electron chi connectivity index (χ2n) is 2.68. The van der Waals surface area contributed by atoms with Crippen LogP contribution in [0.5, 0.6) is 0 Å². The lowest BCUT2D eigenvalue weighted by atomic mass is 10.1. The summed E-state index contributed by atoms with van der Waals surface area (Å²) in [5.41, 5.74) is 5.71. The number of hydrogen-bond acceptors (Lipinski definition) is 5. The average Bonchev–Trinajstić information content (AvgIpc) is 2.16. The van der Waals surface area contributed by atoms with Gasteiger partial charge in [-0.05, 0) is 12.8 Å². The predicted molar refractivity (Wildman–Crippen MR) is 53.0 cm³/mol. The molecule has 0 atom stereocenters. The Labute approximate surface area is 85.3 Å². The van der Waals surface area contributed by atoms with E-state index in [-0.39, 0.29) is 11.5 Å². The molecule has 0 aliphatic carbocycles. The normalized spacial score (nSPS) is 8.87. The number of pyridine rings is 1. The van der Waals surface area contributed by atoms with Gasteiger partial charge in [0.25, 0.3) is 0 Å². The first-order valence-corrected chi connectivity index (χ1v) is 3.92. The van der Waals surface area contributed by atoms with Crippen molar-refractivity contribution in [3.8, 4) is 11.8 Å². The van der Waals surface area contributed by atoms with E-state index in [4.69, 9.17) is 5.73 Å². The highest BCUT2D eigenvalue weighted by Crippen LogP contribution is 2.25. The van der Waals surface area contributed by atoms with Gasteiger partial charge in [-0.25, -0.2) is 4.98 Å². The molecule has 15 heavy (non-hydrogen) atoms. The lowest BCUT2D eigenvalue weighted by Crippen LogP contribution is -2.02. The molecule has 0 unspecified atom stereocenters. The summed E-state index contributed by atoms with van der Waals surface area (Å²) in [6.45, 7) is 1.50. The molecule has 0 saturated heterocycles. The molecule has 1 rings (SSSR count). The van der Waals surface area contributed by atoms with E-state index in [0.29, 0.717) is 17.4 Å². The van der Waals surface area contributed by atoms with Crippen LogP contribution in [0.2, 0.25) is 0 Å². The van der Waals surface area contributed by atoms with E-state index in [1.807, 2.05) is 0 Å². The van der Waals surface area contributed by atoms with E-state index in [9.17, 15) is 14.9 Å². The van der Waals surface area contributed by atoms with Crippen LogP contribution in [0.25, 0.3) is 0 Å². The number of aromatic nitrogens is 1. The van der Waals surface area contributed by atoms with Crippen molar-refractivity contribution in [1.82, 2.24) is 4.98 Å². The van der Waals surface area contributed by atoms with Gasteiger partial charge in [0.15, 0.2) is 6.29 Å². The largest absolute Gasteiger partial charge is 0.378 e. The molecule has 0 aromatic carbocycles. The van der Waals surface area contributed by atoms with E-state index in [1.165, 1.54) is 13.1 Å². The summed E-state index contributed by atoms with van der Waals surface area (Å²) in [6, 6.07) is 0. The fraction of sp³-hybridized carbons (Fsp3) is 0.111. The first-order valence-electron chi connectivity index (χ1n) is 3.92. The minimum Gasteiger partial charge on any atom is -0.378 e. The summed E-state index contributed by atoms with van der Waals surface area (Å²) in [6.07, 6.45) is 1.70. The van der Waals surface area contributed by atoms with Gasteiger partial charge in [-0.3, -0.25) is 14.9 Å². The summed E-state index contributed by atoms with van der Waals surface area (Å²) >= 11 is 0. The monoisotopic (exact) mass is 205 g/mol. The summed E-state index contributed by atoms with van der Waals surface area (Å²) < 4.78 is 0. The third-order valence-electron chi connectivity index (χ3n) is 1.78. The molecular weight excluding hydrogens is 198 g/mol. The number of nitro groups is 1. The fourth-order valence-corrected chi connectivity index (χ4v) is 1.08. The van der Waals surface area contributed by atoms with Gasteiger partial charge >= 0.3 is 5.69 Å². The number of aldehydes is 1. The molecule has 1 aromatic rings. The van der Waals surface area contributed by atoms with Gasteiger partial charge in [0.1, 0.15) is 0 Å². The van der Waals surface area contributed by atoms with Crippen LogP contribution >= 0.6 is 0 Å². The van der Waals surface area contributed by atoms with E-state index in [0.717, 1.165) is 0 Å². The van der Waals surface area contributed by atoms with Crippen LogP contribution in [0.3, 0.4) is 0 Å². The van der Waals surface area contributed by atoms with Gasteiger partial charge in [-0.2, -0.15) is 0 Å². The molecule has 0 aliphatic heterocycles. The third-order valence-corrected chi connectivity index (χ3v) is 1.78. The van der Waals surface area contributed by atoms with Gasteiger partial charge in [-0.15, -0.1) is 0 Å². The fourth-order valence-electron chi connectivity index (χ4n) is 1.08. The Morgan fingerprint density at radius 1 is 1.67 bits per heavy atom. The van der Waals surface area contributed by atoms with Crippen molar-refractivity contribution in [2.24, 2.45) is 0 Å². The molecule has 0 radical (unpaired) electrons. The number of carbonyl (C=O) groups is 1. The van der Waals surface area contributed by atoms with Crippen molar-refractivity contribution in [3.05, 3.63) is 27.4 Å². The maximum Gasteiger partial charge on any atom is 0.315 e. The molecule has 0 amide bonds. The molecule has 0 aliphatic rings. The summed E-state index contributed by atoms with van der Waals surface area (Å²) in [5, 5.41) is 10.6. The lowest BCUT2D eigenvalue weighted by molar-refractivity contribution is -0.384. The molecule has 6 nitrogen and oxygen atoms in total. The number of nitrogen functional groups attached to an aromatic ring is 1. The molecule has 6 heteroatoms. The molecule has 0 bridgehead atoms. The summed E-state index contributed by atoms with van der Waals surface area (Å²) in [7, 11) is 0. The van der Waals surface area contributed by atoms with Crippen molar-refractivity contribution in [3.63, 3.8) is 0 Å². The third kappa shape index (κ3) is 2.08. The van der Waals surface area contributed by atoms with Crippen molar-refractivity contribution >= 4 is 17.8 Å². The SMILES string of the molecule is Cc1c(C#CC=O)cnc(N)c1[N+](=O)[O-]. The molecule has 76 valence electrons. The Balaban J connectivity index is 3.41. The second-order valence-corrected chi connectivity index (χ2v) is 2.68. The van der Waals surface area contributed by atoms with Crippen molar-refractivity contribution < 1.29 is 9.72 Å². The standard InChI is InChI=1S/C9H7N3O3/c1-6-7(3-2-4-13)5-11-9(10)8(6)12(14)15/h4-5H,1H3,(H2,10,11). The van der Waals surface area contributed by atoms with E-state index in [2.05, 4.69) is 16.8 Å². The highest BCUT2D eigenvalue weighted by molar-refractivity contribution is 5.75. The van der Waals surface area contributed by atoms with Gasteiger partial charge in [0.2, 0.25) is 5.82 Å². The minimum absolute atomic E-state index is 0.158. The molecular formula is C9H7N3O3. The van der Waals surface area contributed by atoms with Crippen molar-refractivity contribution in [1.29, 1.82) is 0 Å². The van der Waals surface area contributed by atoms with Gasteiger partial charge in [-0.1, -0.05) is 5.92 Å². The van der Waals surface area contributed by atoms with Crippen LogP contribution in [0, 0.1) is 28.9 Å². The number of anilines is 1. The Kier molecular flexibility index (Phi) is 2.98. The van der Waals surface area contributed by atoms with Crippen molar-refractivity contribution in [2.45, 2.75) is 6.92 Å². The van der Waals surface area contributed by atoms with Crippen LogP contribution in [0.4, 0.5) is 11.5 Å². The number of rotatable bonds is 1. The number of nitrogens with zero attached hydrogens (tertiary/aromatic N) is 2. The Morgan fingerprint density at radius 2 is 2.33 bits per heavy atom. The van der Waals surface area contributed by atoms with Crippen LogP contribution < -0.4 is 5.73 Å². The lowest BCUT2D eigenvalue weighted by Gasteiger charge is -2.01. The zero-order chi connectivity index (χ0) is 11.4. The van der Waals surface area contributed by atoms with E-state index >= 15 is 0 Å². The van der Waals surface area contributed by atoms with Crippen LogP contribution in [0.15, 0.2) is 6.20 Å². The average molecular weight is 205 g/mol. The molecule has 2 N–H and O–H groups in total. The molecule has 0 fully saturated rings. The smallest absolute Gasteiger partial charge is 0.315 e. The second kappa shape index (κ2) is 4.19.